The Morgan fingerprint density at radius 2 is 1.70 bits per heavy atom. The van der Waals surface area contributed by atoms with Crippen LogP contribution in [0.3, 0.4) is 0 Å². The maximum atomic E-state index is 12.3. The number of nitrogens with one attached hydrogen (secondary N) is 1. The van der Waals surface area contributed by atoms with Crippen LogP contribution in [0.1, 0.15) is 64.5 Å². The smallest absolute Gasteiger partial charge is 0.269 e. The van der Waals surface area contributed by atoms with Gasteiger partial charge in [-0.3, -0.25) is 10.1 Å². The predicted octanol–water partition coefficient (Wildman–Crippen LogP) is 4.77. The molecule has 0 aromatic heterocycles. The van der Waals surface area contributed by atoms with Crippen LogP contribution in [0.2, 0.25) is 0 Å². The molecule has 0 bridgehead atoms. The first-order chi connectivity index (χ1) is 12.4. The topological polar surface area (TPSA) is 87.5 Å². The molecule has 27 heavy (non-hydrogen) atoms. The fraction of sp³-hybridized carbons (Fsp3) is 0.429. The van der Waals surface area contributed by atoms with E-state index in [4.69, 9.17) is 4.74 Å². The standard InChI is InChI=1S/C21H26N2O4/c1-20(2,3)12-9-15(21(4,5)6)18-16(10-12)22-19(27-18)14-11-13(23(25)26)7-8-17(14)24/h7-11,19,22,24H,1-6H3/p-1/t19-/m1/s1. The molecule has 0 saturated carbocycles. The Balaban J connectivity index is 2.09. The van der Waals surface area contributed by atoms with Gasteiger partial charge in [-0.05, 0) is 22.5 Å². The van der Waals surface area contributed by atoms with Crippen LogP contribution in [0.15, 0.2) is 30.3 Å². The van der Waals surface area contributed by atoms with Crippen LogP contribution in [-0.2, 0) is 10.8 Å². The van der Waals surface area contributed by atoms with Gasteiger partial charge in [0.2, 0.25) is 0 Å². The Kier molecular flexibility index (Phi) is 4.33. The highest BCUT2D eigenvalue weighted by Gasteiger charge is 2.33. The number of non-ortho nitro benzene ring substituents is 1. The highest BCUT2D eigenvalue weighted by Crippen LogP contribution is 2.48. The summed E-state index contributed by atoms with van der Waals surface area (Å²) in [4.78, 5) is 10.6. The van der Waals surface area contributed by atoms with E-state index in [1.807, 2.05) is 6.07 Å². The molecular weight excluding hydrogens is 344 g/mol. The van der Waals surface area contributed by atoms with Gasteiger partial charge in [0.1, 0.15) is 5.75 Å². The van der Waals surface area contributed by atoms with E-state index in [0.717, 1.165) is 16.8 Å². The van der Waals surface area contributed by atoms with Crippen LogP contribution in [-0.4, -0.2) is 4.92 Å². The van der Waals surface area contributed by atoms with Crippen LogP contribution < -0.4 is 15.2 Å². The summed E-state index contributed by atoms with van der Waals surface area (Å²) in [5.41, 5.74) is 2.90. The first kappa shape index (κ1) is 19.0. The van der Waals surface area contributed by atoms with Crippen LogP contribution >= 0.6 is 0 Å². The van der Waals surface area contributed by atoms with Crippen molar-refractivity contribution in [3.05, 3.63) is 57.1 Å². The molecule has 1 heterocycles. The second-order valence-electron chi connectivity index (χ2n) is 9.02. The number of fused-ring (bicyclic) bond motifs is 1. The van der Waals surface area contributed by atoms with E-state index in [2.05, 4.69) is 52.9 Å². The number of hydrogen-bond acceptors (Lipinski definition) is 5. The first-order valence-corrected chi connectivity index (χ1v) is 8.95. The molecule has 144 valence electrons. The van der Waals surface area contributed by atoms with Crippen LogP contribution in [0.4, 0.5) is 11.4 Å². The molecule has 0 fully saturated rings. The SMILES string of the molecule is CC(C)(C)c1cc2c(c(C(C)(C)C)c1)O[C@H](c1cc([N+](=O)[O-])ccc1[O-])N2. The van der Waals surface area contributed by atoms with Gasteiger partial charge in [0.25, 0.3) is 5.69 Å². The predicted molar refractivity (Wildman–Crippen MR) is 103 cm³/mol. The molecule has 6 nitrogen and oxygen atoms in total. The summed E-state index contributed by atoms with van der Waals surface area (Å²) < 4.78 is 6.10. The Morgan fingerprint density at radius 3 is 2.26 bits per heavy atom. The fourth-order valence-corrected chi connectivity index (χ4v) is 3.14. The summed E-state index contributed by atoms with van der Waals surface area (Å²) in [5.74, 6) is 0.408. The second-order valence-corrected chi connectivity index (χ2v) is 9.02. The van der Waals surface area contributed by atoms with Crippen molar-refractivity contribution in [2.24, 2.45) is 0 Å². The molecule has 0 unspecified atom stereocenters. The van der Waals surface area contributed by atoms with Gasteiger partial charge in [-0.1, -0.05) is 59.4 Å². The number of benzene rings is 2. The van der Waals surface area contributed by atoms with E-state index in [9.17, 15) is 15.2 Å². The molecular formula is C21H25N2O4-. The lowest BCUT2D eigenvalue weighted by Gasteiger charge is -2.26. The second kappa shape index (κ2) is 6.15. The largest absolute Gasteiger partial charge is 0.872 e. The van der Waals surface area contributed by atoms with Gasteiger partial charge in [0, 0.05) is 23.3 Å². The van der Waals surface area contributed by atoms with E-state index in [0.29, 0.717) is 5.75 Å². The monoisotopic (exact) mass is 369 g/mol. The number of nitro benzene ring substituents is 1. The van der Waals surface area contributed by atoms with E-state index >= 15 is 0 Å². The maximum absolute atomic E-state index is 12.3. The van der Waals surface area contributed by atoms with Crippen molar-refractivity contribution in [2.45, 2.75) is 58.6 Å². The molecule has 1 aliphatic rings. The van der Waals surface area contributed by atoms with Crippen molar-refractivity contribution < 1.29 is 14.8 Å². The summed E-state index contributed by atoms with van der Waals surface area (Å²) in [6.07, 6.45) is -0.747. The Bertz CT molecular complexity index is 908. The molecule has 1 aliphatic heterocycles. The highest BCUT2D eigenvalue weighted by molar-refractivity contribution is 5.68. The van der Waals surface area contributed by atoms with E-state index in [1.54, 1.807) is 0 Å². The van der Waals surface area contributed by atoms with Crippen LogP contribution in [0.25, 0.3) is 0 Å². The Labute approximate surface area is 159 Å². The zero-order valence-corrected chi connectivity index (χ0v) is 16.5. The number of nitro groups is 1. The molecule has 2 aromatic carbocycles. The quantitative estimate of drug-likeness (QED) is 0.609. The van der Waals surface area contributed by atoms with Gasteiger partial charge < -0.3 is 15.2 Å². The van der Waals surface area contributed by atoms with Gasteiger partial charge in [-0.25, -0.2) is 0 Å². The van der Waals surface area contributed by atoms with E-state index < -0.39 is 11.2 Å². The average molecular weight is 369 g/mol. The molecule has 0 amide bonds. The van der Waals surface area contributed by atoms with Gasteiger partial charge in [0.05, 0.1) is 10.6 Å². The van der Waals surface area contributed by atoms with Crippen molar-refractivity contribution in [1.82, 2.24) is 0 Å². The average Bonchev–Trinajstić information content (AvgIpc) is 2.95. The number of ether oxygens (including phenoxy) is 1. The minimum atomic E-state index is -0.747. The van der Waals surface area contributed by atoms with Crippen molar-refractivity contribution in [3.8, 4) is 11.5 Å². The van der Waals surface area contributed by atoms with Crippen molar-refractivity contribution in [1.29, 1.82) is 0 Å². The van der Waals surface area contributed by atoms with Gasteiger partial charge in [-0.15, -0.1) is 0 Å². The molecule has 1 N–H and O–H groups in total. The number of nitrogens with zero attached hydrogens (tertiary/aromatic N) is 1. The molecule has 3 rings (SSSR count). The summed E-state index contributed by atoms with van der Waals surface area (Å²) in [6, 6.07) is 7.90. The summed E-state index contributed by atoms with van der Waals surface area (Å²) >= 11 is 0. The number of rotatable bonds is 2. The molecule has 6 heteroatoms. The Hall–Kier alpha value is -2.76. The summed E-state index contributed by atoms with van der Waals surface area (Å²) in [7, 11) is 0. The zero-order chi connectivity index (χ0) is 20.1. The van der Waals surface area contributed by atoms with Gasteiger partial charge in [0.15, 0.2) is 6.23 Å². The number of anilines is 1. The lowest BCUT2D eigenvalue weighted by Crippen LogP contribution is -2.17. The molecule has 0 saturated heterocycles. The van der Waals surface area contributed by atoms with Crippen molar-refractivity contribution in [2.75, 3.05) is 5.32 Å². The minimum Gasteiger partial charge on any atom is -0.872 e. The van der Waals surface area contributed by atoms with Crippen LogP contribution in [0.5, 0.6) is 11.5 Å². The lowest BCUT2D eigenvalue weighted by atomic mass is 9.80. The summed E-state index contributed by atoms with van der Waals surface area (Å²) in [6.45, 7) is 12.8. The lowest BCUT2D eigenvalue weighted by molar-refractivity contribution is -0.385. The fourth-order valence-electron chi connectivity index (χ4n) is 3.14. The third kappa shape index (κ3) is 3.56. The first-order valence-electron chi connectivity index (χ1n) is 8.95. The van der Waals surface area contributed by atoms with Crippen molar-refractivity contribution >= 4 is 11.4 Å². The minimum absolute atomic E-state index is 0.0516. The normalized spacial score (nSPS) is 16.4. The molecule has 0 radical (unpaired) electrons. The van der Waals surface area contributed by atoms with E-state index in [-0.39, 0.29) is 27.8 Å². The third-order valence-electron chi connectivity index (χ3n) is 4.77. The molecule has 0 aliphatic carbocycles. The van der Waals surface area contributed by atoms with Gasteiger partial charge >= 0.3 is 0 Å². The Morgan fingerprint density at radius 1 is 1.04 bits per heavy atom. The van der Waals surface area contributed by atoms with Crippen LogP contribution in [0, 0.1) is 10.1 Å². The molecule has 1 atom stereocenters. The molecule has 0 spiro atoms. The van der Waals surface area contributed by atoms with E-state index in [1.165, 1.54) is 18.2 Å². The van der Waals surface area contributed by atoms with Crippen molar-refractivity contribution in [3.63, 3.8) is 0 Å². The highest BCUT2D eigenvalue weighted by atomic mass is 16.6. The third-order valence-corrected chi connectivity index (χ3v) is 4.77. The number of hydrogen-bond donors (Lipinski definition) is 1. The summed E-state index contributed by atoms with van der Waals surface area (Å²) in [5, 5.41) is 26.6. The maximum Gasteiger partial charge on any atom is 0.269 e. The zero-order valence-electron chi connectivity index (χ0n) is 16.5. The van der Waals surface area contributed by atoms with Gasteiger partial charge in [-0.2, -0.15) is 0 Å². The molecule has 2 aromatic rings.